The van der Waals surface area contributed by atoms with Gasteiger partial charge in [0.1, 0.15) is 12.1 Å². The van der Waals surface area contributed by atoms with Gasteiger partial charge in [-0.2, -0.15) is 0 Å². The van der Waals surface area contributed by atoms with Gasteiger partial charge in [0.25, 0.3) is 0 Å². The Bertz CT molecular complexity index is 313. The Morgan fingerprint density at radius 3 is 2.22 bits per heavy atom. The number of amides is 1. The first kappa shape index (κ1) is 15.0. The third-order valence-corrected chi connectivity index (χ3v) is 3.13. The van der Waals surface area contributed by atoms with Crippen LogP contribution < -0.4 is 5.32 Å². The van der Waals surface area contributed by atoms with Gasteiger partial charge >= 0.3 is 5.97 Å². The van der Waals surface area contributed by atoms with Gasteiger partial charge in [-0.3, -0.25) is 4.79 Å². The van der Waals surface area contributed by atoms with E-state index in [1.807, 2.05) is 20.8 Å². The number of rotatable bonds is 4. The molecule has 0 aromatic carbocycles. The molecule has 1 aliphatic carbocycles. The number of carboxylic acid groups (broad SMARTS) is 1. The molecule has 0 unspecified atom stereocenters. The first-order valence-electron chi connectivity index (χ1n) is 6.44. The molecule has 0 saturated heterocycles. The summed E-state index contributed by atoms with van der Waals surface area (Å²) in [5.41, 5.74) is -1.49. The van der Waals surface area contributed by atoms with Crippen molar-refractivity contribution in [1.29, 1.82) is 0 Å². The lowest BCUT2D eigenvalue weighted by Gasteiger charge is -2.34. The van der Waals surface area contributed by atoms with E-state index in [2.05, 4.69) is 5.32 Å². The lowest BCUT2D eigenvalue weighted by Crippen LogP contribution is -2.56. The normalized spacial score (nSPS) is 19.3. The molecule has 1 rings (SSSR count). The zero-order valence-electron chi connectivity index (χ0n) is 11.4. The molecule has 5 nitrogen and oxygen atoms in total. The highest BCUT2D eigenvalue weighted by atomic mass is 16.5. The number of aliphatic carboxylic acids is 1. The number of hydrogen-bond donors (Lipinski definition) is 2. The third-order valence-electron chi connectivity index (χ3n) is 3.13. The van der Waals surface area contributed by atoms with Gasteiger partial charge in [0.15, 0.2) is 0 Å². The molecule has 18 heavy (non-hydrogen) atoms. The number of hydrogen-bond acceptors (Lipinski definition) is 3. The molecule has 104 valence electrons. The molecule has 2 N–H and O–H groups in total. The summed E-state index contributed by atoms with van der Waals surface area (Å²) in [6, 6.07) is 0. The minimum absolute atomic E-state index is 0.0987. The van der Waals surface area contributed by atoms with Gasteiger partial charge in [0.05, 0.1) is 5.60 Å². The van der Waals surface area contributed by atoms with Crippen LogP contribution in [0, 0.1) is 0 Å². The molecular formula is C13H23NO4. The van der Waals surface area contributed by atoms with Crippen LogP contribution >= 0.6 is 0 Å². The molecular weight excluding hydrogens is 234 g/mol. The molecule has 0 atom stereocenters. The smallest absolute Gasteiger partial charge is 0.329 e. The molecule has 1 aliphatic rings. The van der Waals surface area contributed by atoms with Crippen molar-refractivity contribution in [2.45, 2.75) is 64.0 Å². The monoisotopic (exact) mass is 257 g/mol. The summed E-state index contributed by atoms with van der Waals surface area (Å²) in [4.78, 5) is 23.1. The van der Waals surface area contributed by atoms with Gasteiger partial charge < -0.3 is 15.2 Å². The van der Waals surface area contributed by atoms with Crippen LogP contribution in [-0.4, -0.2) is 34.7 Å². The van der Waals surface area contributed by atoms with Crippen molar-refractivity contribution in [2.24, 2.45) is 0 Å². The van der Waals surface area contributed by atoms with Crippen LogP contribution in [0.3, 0.4) is 0 Å². The highest BCUT2D eigenvalue weighted by Gasteiger charge is 2.40. The largest absolute Gasteiger partial charge is 0.480 e. The maximum atomic E-state index is 11.8. The summed E-state index contributed by atoms with van der Waals surface area (Å²) in [5.74, 6) is -1.29. The third kappa shape index (κ3) is 4.29. The van der Waals surface area contributed by atoms with Gasteiger partial charge in [0, 0.05) is 0 Å². The number of ether oxygens (including phenoxy) is 1. The van der Waals surface area contributed by atoms with Gasteiger partial charge in [-0.25, -0.2) is 4.79 Å². The van der Waals surface area contributed by atoms with Gasteiger partial charge in [-0.15, -0.1) is 0 Å². The van der Waals surface area contributed by atoms with Crippen molar-refractivity contribution in [2.75, 3.05) is 6.61 Å². The quantitative estimate of drug-likeness (QED) is 0.804. The minimum atomic E-state index is -1.09. The molecule has 0 aromatic rings. The molecule has 0 spiro atoms. The average molecular weight is 257 g/mol. The van der Waals surface area contributed by atoms with Gasteiger partial charge in [0.2, 0.25) is 5.91 Å². The Kier molecular flexibility index (Phi) is 4.73. The number of carbonyl (C=O) groups is 2. The summed E-state index contributed by atoms with van der Waals surface area (Å²) >= 11 is 0. The van der Waals surface area contributed by atoms with Crippen molar-refractivity contribution in [3.63, 3.8) is 0 Å². The zero-order chi connectivity index (χ0) is 13.8. The van der Waals surface area contributed by atoms with Crippen LogP contribution in [0.15, 0.2) is 0 Å². The SMILES string of the molecule is CC(C)(C)OCC(=O)NC1(C(=O)O)CCCCC1. The minimum Gasteiger partial charge on any atom is -0.480 e. The Labute approximate surface area is 108 Å². The van der Waals surface area contributed by atoms with Crippen molar-refractivity contribution in [1.82, 2.24) is 5.32 Å². The van der Waals surface area contributed by atoms with Crippen LogP contribution in [0.2, 0.25) is 0 Å². The summed E-state index contributed by atoms with van der Waals surface area (Å²) in [5, 5.41) is 12.0. The highest BCUT2D eigenvalue weighted by Crippen LogP contribution is 2.28. The second-order valence-corrected chi connectivity index (χ2v) is 5.90. The topological polar surface area (TPSA) is 75.6 Å². The first-order valence-corrected chi connectivity index (χ1v) is 6.44. The van der Waals surface area contributed by atoms with E-state index in [1.54, 1.807) is 0 Å². The van der Waals surface area contributed by atoms with E-state index in [9.17, 15) is 14.7 Å². The van der Waals surface area contributed by atoms with E-state index >= 15 is 0 Å². The molecule has 0 aliphatic heterocycles. The second-order valence-electron chi connectivity index (χ2n) is 5.90. The lowest BCUT2D eigenvalue weighted by molar-refractivity contribution is -0.151. The average Bonchev–Trinajstić information content (AvgIpc) is 2.26. The van der Waals surface area contributed by atoms with Crippen LogP contribution in [0.5, 0.6) is 0 Å². The predicted molar refractivity (Wildman–Crippen MR) is 67.3 cm³/mol. The van der Waals surface area contributed by atoms with Gasteiger partial charge in [-0.1, -0.05) is 19.3 Å². The van der Waals surface area contributed by atoms with E-state index in [1.165, 1.54) is 0 Å². The molecule has 5 heteroatoms. The Morgan fingerprint density at radius 1 is 1.22 bits per heavy atom. The van der Waals surface area contributed by atoms with Gasteiger partial charge in [-0.05, 0) is 33.6 Å². The Morgan fingerprint density at radius 2 is 1.78 bits per heavy atom. The van der Waals surface area contributed by atoms with E-state index in [0.717, 1.165) is 19.3 Å². The van der Waals surface area contributed by atoms with Crippen LogP contribution in [0.1, 0.15) is 52.9 Å². The van der Waals surface area contributed by atoms with Crippen molar-refractivity contribution in [3.8, 4) is 0 Å². The number of carboxylic acids is 1. The molecule has 1 amide bonds. The van der Waals surface area contributed by atoms with Crippen LogP contribution in [-0.2, 0) is 14.3 Å². The number of carbonyl (C=O) groups excluding carboxylic acids is 1. The maximum absolute atomic E-state index is 11.8. The summed E-state index contributed by atoms with van der Waals surface area (Å²) in [6.07, 6.45) is 3.72. The van der Waals surface area contributed by atoms with E-state index in [0.29, 0.717) is 12.8 Å². The Balaban J connectivity index is 2.56. The second kappa shape index (κ2) is 5.69. The fourth-order valence-corrected chi connectivity index (χ4v) is 2.13. The van der Waals surface area contributed by atoms with Crippen molar-refractivity contribution < 1.29 is 19.4 Å². The van der Waals surface area contributed by atoms with Crippen molar-refractivity contribution >= 4 is 11.9 Å². The number of nitrogens with one attached hydrogen (secondary N) is 1. The fourth-order valence-electron chi connectivity index (χ4n) is 2.13. The highest BCUT2D eigenvalue weighted by molar-refractivity contribution is 5.87. The molecule has 1 fully saturated rings. The zero-order valence-corrected chi connectivity index (χ0v) is 11.4. The van der Waals surface area contributed by atoms with E-state index in [-0.39, 0.29) is 12.5 Å². The molecule has 1 saturated carbocycles. The van der Waals surface area contributed by atoms with Crippen LogP contribution in [0.25, 0.3) is 0 Å². The molecule has 0 radical (unpaired) electrons. The predicted octanol–water partition coefficient (Wildman–Crippen LogP) is 1.71. The molecule has 0 bridgehead atoms. The Hall–Kier alpha value is -1.10. The molecule has 0 heterocycles. The summed E-state index contributed by atoms with van der Waals surface area (Å²) in [6.45, 7) is 5.47. The first-order chi connectivity index (χ1) is 8.25. The van der Waals surface area contributed by atoms with Crippen LogP contribution in [0.4, 0.5) is 0 Å². The molecule has 0 aromatic heterocycles. The fraction of sp³-hybridized carbons (Fsp3) is 0.846. The summed E-state index contributed by atoms with van der Waals surface area (Å²) in [7, 11) is 0. The van der Waals surface area contributed by atoms with E-state index in [4.69, 9.17) is 4.74 Å². The lowest BCUT2D eigenvalue weighted by atomic mass is 9.81. The van der Waals surface area contributed by atoms with Crippen molar-refractivity contribution in [3.05, 3.63) is 0 Å². The van der Waals surface area contributed by atoms with E-state index < -0.39 is 17.1 Å². The standard InChI is InChI=1S/C13H23NO4/c1-12(2,3)18-9-10(15)14-13(11(16)17)7-5-4-6-8-13/h4-9H2,1-3H3,(H,14,15)(H,16,17). The maximum Gasteiger partial charge on any atom is 0.329 e. The summed E-state index contributed by atoms with van der Waals surface area (Å²) < 4.78 is 5.35.